The fourth-order valence-corrected chi connectivity index (χ4v) is 2.99. The zero-order valence-corrected chi connectivity index (χ0v) is 11.2. The van der Waals surface area contributed by atoms with Crippen molar-refractivity contribution >= 4 is 0 Å². The van der Waals surface area contributed by atoms with E-state index in [1.165, 1.54) is 17.7 Å². The fourth-order valence-electron chi connectivity index (χ4n) is 2.99. The number of benzene rings is 2. The number of rotatable bonds is 3. The summed E-state index contributed by atoms with van der Waals surface area (Å²) >= 11 is 0. The highest BCUT2D eigenvalue weighted by molar-refractivity contribution is 5.26. The molecule has 2 aromatic rings. The normalized spacial score (nSPS) is 22.1. The molecular weight excluding hydrogens is 256 g/mol. The average molecular weight is 273 g/mol. The third kappa shape index (κ3) is 2.73. The van der Waals surface area contributed by atoms with Gasteiger partial charge in [-0.3, -0.25) is 0 Å². The van der Waals surface area contributed by atoms with Crippen molar-refractivity contribution in [3.63, 3.8) is 0 Å². The molecule has 1 N–H and O–H groups in total. The maximum Gasteiger partial charge on any atom is 0.159 e. The van der Waals surface area contributed by atoms with Gasteiger partial charge in [0.2, 0.25) is 0 Å². The van der Waals surface area contributed by atoms with E-state index in [0.29, 0.717) is 0 Å². The summed E-state index contributed by atoms with van der Waals surface area (Å²) in [7, 11) is 0. The predicted molar refractivity (Wildman–Crippen MR) is 75.7 cm³/mol. The molecule has 0 spiro atoms. The Hall–Kier alpha value is -1.74. The van der Waals surface area contributed by atoms with E-state index in [1.807, 2.05) is 18.2 Å². The van der Waals surface area contributed by atoms with Crippen molar-refractivity contribution in [1.29, 1.82) is 0 Å². The lowest BCUT2D eigenvalue weighted by Crippen LogP contribution is -2.28. The van der Waals surface area contributed by atoms with Crippen LogP contribution in [0.25, 0.3) is 0 Å². The second-order valence-electron chi connectivity index (χ2n) is 5.32. The van der Waals surface area contributed by atoms with Crippen molar-refractivity contribution in [2.45, 2.75) is 24.8 Å². The Kier molecular flexibility index (Phi) is 3.79. The van der Waals surface area contributed by atoms with E-state index in [2.05, 4.69) is 17.4 Å². The van der Waals surface area contributed by atoms with Crippen LogP contribution in [0.4, 0.5) is 8.78 Å². The second-order valence-corrected chi connectivity index (χ2v) is 5.32. The SMILES string of the molecule is Fc1ccc(C2CCNC2Cc2ccccc2)cc1F. The first-order valence-electron chi connectivity index (χ1n) is 6.96. The van der Waals surface area contributed by atoms with Crippen molar-refractivity contribution in [1.82, 2.24) is 5.32 Å². The third-order valence-corrected chi connectivity index (χ3v) is 4.02. The Morgan fingerprint density at radius 2 is 1.80 bits per heavy atom. The van der Waals surface area contributed by atoms with Crippen LogP contribution in [0.5, 0.6) is 0 Å². The molecule has 1 nitrogen and oxygen atoms in total. The smallest absolute Gasteiger partial charge is 0.159 e. The third-order valence-electron chi connectivity index (χ3n) is 4.02. The van der Waals surface area contributed by atoms with Gasteiger partial charge in [-0.05, 0) is 42.6 Å². The first-order chi connectivity index (χ1) is 9.74. The minimum atomic E-state index is -0.778. The lowest BCUT2D eigenvalue weighted by atomic mass is 9.88. The van der Waals surface area contributed by atoms with E-state index < -0.39 is 11.6 Å². The van der Waals surface area contributed by atoms with Crippen LogP contribution >= 0.6 is 0 Å². The second kappa shape index (κ2) is 5.71. The van der Waals surface area contributed by atoms with E-state index in [4.69, 9.17) is 0 Å². The molecule has 2 aromatic carbocycles. The van der Waals surface area contributed by atoms with Crippen LogP contribution in [0.1, 0.15) is 23.5 Å². The molecule has 0 aromatic heterocycles. The Bertz CT molecular complexity index is 583. The van der Waals surface area contributed by atoms with E-state index in [9.17, 15) is 8.78 Å². The molecule has 0 aliphatic carbocycles. The summed E-state index contributed by atoms with van der Waals surface area (Å²) in [6.07, 6.45) is 1.87. The Balaban J connectivity index is 1.80. The highest BCUT2D eigenvalue weighted by Crippen LogP contribution is 2.30. The molecule has 0 saturated carbocycles. The monoisotopic (exact) mass is 273 g/mol. The van der Waals surface area contributed by atoms with Gasteiger partial charge in [0, 0.05) is 12.0 Å². The quantitative estimate of drug-likeness (QED) is 0.900. The molecule has 0 bridgehead atoms. The molecule has 0 amide bonds. The lowest BCUT2D eigenvalue weighted by molar-refractivity contribution is 0.499. The summed E-state index contributed by atoms with van der Waals surface area (Å²) in [6, 6.07) is 14.8. The minimum absolute atomic E-state index is 0.241. The first-order valence-corrected chi connectivity index (χ1v) is 6.96. The van der Waals surface area contributed by atoms with Gasteiger partial charge in [0.05, 0.1) is 0 Å². The van der Waals surface area contributed by atoms with Crippen LogP contribution in [0.15, 0.2) is 48.5 Å². The van der Waals surface area contributed by atoms with Gasteiger partial charge in [-0.2, -0.15) is 0 Å². The molecule has 1 saturated heterocycles. The number of hydrogen-bond donors (Lipinski definition) is 1. The number of nitrogens with one attached hydrogen (secondary N) is 1. The molecule has 2 unspecified atom stereocenters. The Morgan fingerprint density at radius 3 is 2.55 bits per heavy atom. The number of hydrogen-bond acceptors (Lipinski definition) is 1. The van der Waals surface area contributed by atoms with Crippen LogP contribution in [-0.4, -0.2) is 12.6 Å². The summed E-state index contributed by atoms with van der Waals surface area (Å²) in [5.41, 5.74) is 2.15. The summed E-state index contributed by atoms with van der Waals surface area (Å²) in [5.74, 6) is -1.29. The van der Waals surface area contributed by atoms with E-state index in [-0.39, 0.29) is 12.0 Å². The van der Waals surface area contributed by atoms with E-state index in [0.717, 1.165) is 24.9 Å². The largest absolute Gasteiger partial charge is 0.313 e. The highest BCUT2D eigenvalue weighted by atomic mass is 19.2. The molecular formula is C17H17F2N. The molecule has 3 heteroatoms. The van der Waals surface area contributed by atoms with Crippen LogP contribution in [0, 0.1) is 11.6 Å². The summed E-state index contributed by atoms with van der Waals surface area (Å²) in [5, 5.41) is 3.47. The molecule has 2 atom stereocenters. The van der Waals surface area contributed by atoms with E-state index >= 15 is 0 Å². The van der Waals surface area contributed by atoms with Gasteiger partial charge in [0.1, 0.15) is 0 Å². The van der Waals surface area contributed by atoms with Gasteiger partial charge in [0.25, 0.3) is 0 Å². The van der Waals surface area contributed by atoms with Gasteiger partial charge in [0.15, 0.2) is 11.6 Å². The molecule has 1 fully saturated rings. The standard InChI is InChI=1S/C17H17F2N/c18-15-7-6-13(11-16(15)19)14-8-9-20-17(14)10-12-4-2-1-3-5-12/h1-7,11,14,17,20H,8-10H2. The average Bonchev–Trinajstić information content (AvgIpc) is 2.91. The van der Waals surface area contributed by atoms with Gasteiger partial charge in [-0.1, -0.05) is 36.4 Å². The van der Waals surface area contributed by atoms with Gasteiger partial charge < -0.3 is 5.32 Å². The van der Waals surface area contributed by atoms with Crippen LogP contribution < -0.4 is 5.32 Å². The Morgan fingerprint density at radius 1 is 1.00 bits per heavy atom. The molecule has 1 heterocycles. The van der Waals surface area contributed by atoms with Crippen molar-refractivity contribution in [3.05, 3.63) is 71.3 Å². The van der Waals surface area contributed by atoms with Gasteiger partial charge >= 0.3 is 0 Å². The summed E-state index contributed by atoms with van der Waals surface area (Å²) < 4.78 is 26.4. The molecule has 20 heavy (non-hydrogen) atoms. The molecule has 1 aliphatic rings. The topological polar surface area (TPSA) is 12.0 Å². The van der Waals surface area contributed by atoms with Crippen molar-refractivity contribution in [3.8, 4) is 0 Å². The van der Waals surface area contributed by atoms with Gasteiger partial charge in [-0.25, -0.2) is 8.78 Å². The van der Waals surface area contributed by atoms with Crippen LogP contribution in [0.2, 0.25) is 0 Å². The van der Waals surface area contributed by atoms with Crippen molar-refractivity contribution < 1.29 is 8.78 Å². The number of halogens is 2. The molecule has 104 valence electrons. The predicted octanol–water partition coefficient (Wildman–Crippen LogP) is 3.65. The first kappa shape index (κ1) is 13.3. The highest BCUT2D eigenvalue weighted by Gasteiger charge is 2.28. The maximum atomic E-state index is 13.4. The van der Waals surface area contributed by atoms with Crippen LogP contribution in [-0.2, 0) is 6.42 Å². The van der Waals surface area contributed by atoms with Crippen molar-refractivity contribution in [2.75, 3.05) is 6.54 Å². The minimum Gasteiger partial charge on any atom is -0.313 e. The van der Waals surface area contributed by atoms with Crippen LogP contribution in [0.3, 0.4) is 0 Å². The maximum absolute atomic E-state index is 13.4. The Labute approximate surface area is 117 Å². The zero-order valence-electron chi connectivity index (χ0n) is 11.2. The zero-order chi connectivity index (χ0) is 13.9. The van der Waals surface area contributed by atoms with E-state index in [1.54, 1.807) is 6.07 Å². The summed E-state index contributed by atoms with van der Waals surface area (Å²) in [6.45, 7) is 0.918. The van der Waals surface area contributed by atoms with Crippen molar-refractivity contribution in [2.24, 2.45) is 0 Å². The van der Waals surface area contributed by atoms with Gasteiger partial charge in [-0.15, -0.1) is 0 Å². The molecule has 1 aliphatic heterocycles. The molecule has 0 radical (unpaired) electrons. The lowest BCUT2D eigenvalue weighted by Gasteiger charge is -2.20. The summed E-state index contributed by atoms with van der Waals surface area (Å²) in [4.78, 5) is 0. The fraction of sp³-hybridized carbons (Fsp3) is 0.294. The molecule has 3 rings (SSSR count).